The molecular formula is C17H19NO2S. The summed E-state index contributed by atoms with van der Waals surface area (Å²) in [5, 5.41) is 5.82. The van der Waals surface area contributed by atoms with E-state index in [0.29, 0.717) is 6.04 Å². The molecule has 1 aromatic carbocycles. The summed E-state index contributed by atoms with van der Waals surface area (Å²) >= 11 is 1.83. The maximum atomic E-state index is 5.82. The van der Waals surface area contributed by atoms with E-state index in [1.807, 2.05) is 37.3 Å². The van der Waals surface area contributed by atoms with E-state index in [-0.39, 0.29) is 0 Å². The highest BCUT2D eigenvalue weighted by Crippen LogP contribution is 2.46. The molecule has 1 unspecified atom stereocenters. The summed E-state index contributed by atoms with van der Waals surface area (Å²) < 4.78 is 11.6. The predicted octanol–water partition coefficient (Wildman–Crippen LogP) is 4.82. The Bertz CT molecular complexity index is 647. The molecule has 4 heteroatoms. The Morgan fingerprint density at radius 1 is 1.19 bits per heavy atom. The fourth-order valence-corrected chi connectivity index (χ4v) is 3.68. The Kier molecular flexibility index (Phi) is 2.89. The van der Waals surface area contributed by atoms with E-state index in [4.69, 9.17) is 9.47 Å². The Morgan fingerprint density at radius 3 is 2.71 bits per heavy atom. The van der Waals surface area contributed by atoms with Gasteiger partial charge in [0.05, 0.1) is 6.04 Å². The van der Waals surface area contributed by atoms with E-state index in [1.165, 1.54) is 17.7 Å². The van der Waals surface area contributed by atoms with Crippen LogP contribution in [-0.4, -0.2) is 5.79 Å². The topological polar surface area (TPSA) is 30.5 Å². The van der Waals surface area contributed by atoms with Gasteiger partial charge in [0.25, 0.3) is 0 Å². The van der Waals surface area contributed by atoms with Crippen molar-refractivity contribution in [3.8, 4) is 11.5 Å². The fraction of sp³-hybridized carbons (Fsp3) is 0.412. The third kappa shape index (κ3) is 2.60. The van der Waals surface area contributed by atoms with Crippen molar-refractivity contribution in [3.63, 3.8) is 0 Å². The van der Waals surface area contributed by atoms with Gasteiger partial charge in [0, 0.05) is 30.5 Å². The van der Waals surface area contributed by atoms with Crippen LogP contribution in [0.15, 0.2) is 35.7 Å². The minimum atomic E-state index is -0.565. The average molecular weight is 301 g/mol. The molecule has 0 bridgehead atoms. The highest BCUT2D eigenvalue weighted by atomic mass is 32.1. The Morgan fingerprint density at radius 2 is 2.00 bits per heavy atom. The van der Waals surface area contributed by atoms with Gasteiger partial charge in [-0.15, -0.1) is 11.3 Å². The first-order chi connectivity index (χ1) is 10.1. The van der Waals surface area contributed by atoms with Gasteiger partial charge < -0.3 is 14.8 Å². The van der Waals surface area contributed by atoms with E-state index in [1.54, 1.807) is 0 Å². The number of hydrogen-bond acceptors (Lipinski definition) is 4. The van der Waals surface area contributed by atoms with Crippen molar-refractivity contribution >= 4 is 17.0 Å². The number of nitrogens with one attached hydrogen (secondary N) is 1. The zero-order valence-corrected chi connectivity index (χ0v) is 13.1. The van der Waals surface area contributed by atoms with Gasteiger partial charge in [-0.25, -0.2) is 0 Å². The highest BCUT2D eigenvalue weighted by molar-refractivity contribution is 7.10. The zero-order valence-electron chi connectivity index (χ0n) is 12.3. The van der Waals surface area contributed by atoms with Crippen molar-refractivity contribution in [3.05, 3.63) is 40.6 Å². The average Bonchev–Trinajstić information content (AvgIpc) is 3.02. The number of benzene rings is 1. The smallest absolute Gasteiger partial charge is 0.246 e. The summed E-state index contributed by atoms with van der Waals surface area (Å²) in [6.07, 6.45) is 2.63. The Hall–Kier alpha value is -1.68. The van der Waals surface area contributed by atoms with Crippen molar-refractivity contribution in [2.45, 2.75) is 38.5 Å². The van der Waals surface area contributed by atoms with Crippen LogP contribution in [0, 0.1) is 5.92 Å². The van der Waals surface area contributed by atoms with Gasteiger partial charge in [0.1, 0.15) is 0 Å². The van der Waals surface area contributed by atoms with E-state index >= 15 is 0 Å². The molecule has 0 saturated heterocycles. The summed E-state index contributed by atoms with van der Waals surface area (Å²) in [5.74, 6) is 1.84. The van der Waals surface area contributed by atoms with Crippen LogP contribution in [0.4, 0.5) is 5.69 Å². The Balaban J connectivity index is 1.57. The van der Waals surface area contributed by atoms with Crippen molar-refractivity contribution in [1.29, 1.82) is 0 Å². The first kappa shape index (κ1) is 13.0. The lowest BCUT2D eigenvalue weighted by molar-refractivity contribution is -0.0431. The summed E-state index contributed by atoms with van der Waals surface area (Å²) in [7, 11) is 0. The van der Waals surface area contributed by atoms with Gasteiger partial charge in [-0.2, -0.15) is 0 Å². The molecule has 0 spiro atoms. The van der Waals surface area contributed by atoms with Crippen molar-refractivity contribution in [2.75, 3.05) is 5.32 Å². The molecule has 21 heavy (non-hydrogen) atoms. The fourth-order valence-electron chi connectivity index (χ4n) is 2.81. The molecule has 1 saturated carbocycles. The minimum Gasteiger partial charge on any atom is -0.449 e. The molecule has 1 aromatic heterocycles. The molecule has 1 atom stereocenters. The first-order valence-electron chi connectivity index (χ1n) is 7.43. The van der Waals surface area contributed by atoms with Crippen molar-refractivity contribution < 1.29 is 9.47 Å². The van der Waals surface area contributed by atoms with Gasteiger partial charge in [-0.1, -0.05) is 6.07 Å². The van der Waals surface area contributed by atoms with Crippen molar-refractivity contribution in [2.24, 2.45) is 5.92 Å². The minimum absolute atomic E-state index is 0.415. The SMILES string of the molecule is CC1(C)Oc2ccc(NC(c3cccs3)C3CC3)cc2O1. The number of rotatable bonds is 4. The van der Waals surface area contributed by atoms with Crippen LogP contribution in [0.1, 0.15) is 37.6 Å². The number of ether oxygens (including phenoxy) is 2. The molecule has 1 aliphatic carbocycles. The van der Waals surface area contributed by atoms with Gasteiger partial charge >= 0.3 is 0 Å². The lowest BCUT2D eigenvalue weighted by atomic mass is 10.1. The van der Waals surface area contributed by atoms with Crippen LogP contribution >= 0.6 is 11.3 Å². The van der Waals surface area contributed by atoms with Gasteiger partial charge in [-0.3, -0.25) is 0 Å². The summed E-state index contributed by atoms with van der Waals surface area (Å²) in [6.45, 7) is 3.86. The first-order valence-corrected chi connectivity index (χ1v) is 8.31. The van der Waals surface area contributed by atoms with E-state index < -0.39 is 5.79 Å². The molecule has 3 nitrogen and oxygen atoms in total. The molecule has 110 valence electrons. The molecule has 0 amide bonds. The van der Waals surface area contributed by atoms with Crippen LogP contribution < -0.4 is 14.8 Å². The van der Waals surface area contributed by atoms with Gasteiger partial charge in [0.15, 0.2) is 11.5 Å². The zero-order chi connectivity index (χ0) is 14.4. The van der Waals surface area contributed by atoms with Crippen LogP contribution in [0.5, 0.6) is 11.5 Å². The van der Waals surface area contributed by atoms with E-state index in [9.17, 15) is 0 Å². The summed E-state index contributed by atoms with van der Waals surface area (Å²) in [6, 6.07) is 10.9. The molecule has 2 aromatic rings. The number of fused-ring (bicyclic) bond motifs is 1. The second-order valence-corrected chi connectivity index (χ2v) is 7.22. The van der Waals surface area contributed by atoms with E-state index in [2.05, 4.69) is 28.9 Å². The molecule has 1 fully saturated rings. The molecule has 0 radical (unpaired) electrons. The summed E-state index contributed by atoms with van der Waals surface area (Å²) in [4.78, 5) is 1.41. The molecule has 4 rings (SSSR count). The lowest BCUT2D eigenvalue weighted by Crippen LogP contribution is -2.29. The molecule has 1 N–H and O–H groups in total. The number of thiophene rings is 1. The number of hydrogen-bond donors (Lipinski definition) is 1. The molecule has 1 aliphatic heterocycles. The lowest BCUT2D eigenvalue weighted by Gasteiger charge is -2.18. The normalized spacial score (nSPS) is 20.3. The second-order valence-electron chi connectivity index (χ2n) is 6.24. The number of anilines is 1. The maximum absolute atomic E-state index is 5.82. The summed E-state index contributed by atoms with van der Waals surface area (Å²) in [5.41, 5.74) is 1.10. The molecule has 2 heterocycles. The Labute approximate surface area is 128 Å². The van der Waals surface area contributed by atoms with Crippen LogP contribution in [-0.2, 0) is 0 Å². The predicted molar refractivity (Wildman–Crippen MR) is 85.2 cm³/mol. The van der Waals surface area contributed by atoms with Crippen LogP contribution in [0.25, 0.3) is 0 Å². The second kappa shape index (κ2) is 4.67. The maximum Gasteiger partial charge on any atom is 0.246 e. The van der Waals surface area contributed by atoms with Crippen LogP contribution in [0.3, 0.4) is 0 Å². The van der Waals surface area contributed by atoms with Gasteiger partial charge in [0.2, 0.25) is 5.79 Å². The monoisotopic (exact) mass is 301 g/mol. The third-order valence-electron chi connectivity index (χ3n) is 3.92. The van der Waals surface area contributed by atoms with E-state index in [0.717, 1.165) is 23.1 Å². The van der Waals surface area contributed by atoms with Gasteiger partial charge in [-0.05, 0) is 42.3 Å². The largest absolute Gasteiger partial charge is 0.449 e. The third-order valence-corrected chi connectivity index (χ3v) is 4.88. The van der Waals surface area contributed by atoms with Crippen LogP contribution in [0.2, 0.25) is 0 Å². The molecule has 2 aliphatic rings. The quantitative estimate of drug-likeness (QED) is 0.878. The highest BCUT2D eigenvalue weighted by Gasteiger charge is 2.34. The van der Waals surface area contributed by atoms with Crippen molar-refractivity contribution in [1.82, 2.24) is 0 Å². The molecular weight excluding hydrogens is 282 g/mol. The standard InChI is InChI=1S/C17H19NO2S/c1-17(2)19-13-8-7-12(10-14(13)20-17)18-16(11-5-6-11)15-4-3-9-21-15/h3-4,7-11,16,18H,5-6H2,1-2H3.